The van der Waals surface area contributed by atoms with E-state index >= 15 is 0 Å². The summed E-state index contributed by atoms with van der Waals surface area (Å²) < 4.78 is 26.1. The molecular weight excluding hydrogens is 254 g/mol. The first-order valence-corrected chi connectivity index (χ1v) is 6.44. The number of hydrogen-bond donors (Lipinski definition) is 1. The summed E-state index contributed by atoms with van der Waals surface area (Å²) in [5.74, 6) is -1.17. The normalized spacial score (nSPS) is 12.5. The standard InChI is InChI=1S/C13H14F2N2S/c1-7(13-8(2)18-9(3)17-13)16-12-5-10(14)4-11(15)6-12/h4-7,16H,1-3H3. The van der Waals surface area contributed by atoms with Gasteiger partial charge in [0.1, 0.15) is 11.6 Å². The number of aryl methyl sites for hydroxylation is 2. The van der Waals surface area contributed by atoms with Crippen molar-refractivity contribution in [2.24, 2.45) is 0 Å². The number of nitrogens with one attached hydrogen (secondary N) is 1. The van der Waals surface area contributed by atoms with E-state index in [1.807, 2.05) is 20.8 Å². The van der Waals surface area contributed by atoms with E-state index in [2.05, 4.69) is 10.3 Å². The van der Waals surface area contributed by atoms with Crippen molar-refractivity contribution in [1.29, 1.82) is 0 Å². The maximum atomic E-state index is 13.1. The predicted molar refractivity (Wildman–Crippen MR) is 70.0 cm³/mol. The van der Waals surface area contributed by atoms with Crippen LogP contribution in [-0.4, -0.2) is 4.98 Å². The molecule has 5 heteroatoms. The number of halogens is 2. The largest absolute Gasteiger partial charge is 0.377 e. The molecule has 0 aliphatic heterocycles. The molecule has 96 valence electrons. The van der Waals surface area contributed by atoms with Gasteiger partial charge in [0.25, 0.3) is 0 Å². The van der Waals surface area contributed by atoms with Crippen molar-refractivity contribution < 1.29 is 8.78 Å². The Bertz CT molecular complexity index is 546. The summed E-state index contributed by atoms with van der Waals surface area (Å²) in [6, 6.07) is 3.31. The number of thiazole rings is 1. The molecule has 2 aromatic rings. The van der Waals surface area contributed by atoms with Gasteiger partial charge in [-0.25, -0.2) is 13.8 Å². The van der Waals surface area contributed by atoms with Crippen LogP contribution in [0, 0.1) is 25.5 Å². The van der Waals surface area contributed by atoms with Crippen LogP contribution in [0.4, 0.5) is 14.5 Å². The molecular formula is C13H14F2N2S. The van der Waals surface area contributed by atoms with Crippen molar-refractivity contribution in [2.75, 3.05) is 5.32 Å². The molecule has 18 heavy (non-hydrogen) atoms. The van der Waals surface area contributed by atoms with E-state index in [0.717, 1.165) is 21.6 Å². The Labute approximate surface area is 109 Å². The molecule has 0 saturated carbocycles. The van der Waals surface area contributed by atoms with Crippen molar-refractivity contribution in [3.05, 3.63) is 45.4 Å². The summed E-state index contributed by atoms with van der Waals surface area (Å²) in [4.78, 5) is 5.53. The maximum Gasteiger partial charge on any atom is 0.128 e. The quantitative estimate of drug-likeness (QED) is 0.902. The van der Waals surface area contributed by atoms with Gasteiger partial charge in [0, 0.05) is 16.6 Å². The van der Waals surface area contributed by atoms with E-state index in [9.17, 15) is 8.78 Å². The summed E-state index contributed by atoms with van der Waals surface area (Å²) in [6.07, 6.45) is 0. The minimum Gasteiger partial charge on any atom is -0.377 e. The van der Waals surface area contributed by atoms with Gasteiger partial charge in [-0.3, -0.25) is 0 Å². The minimum absolute atomic E-state index is 0.0869. The van der Waals surface area contributed by atoms with E-state index in [-0.39, 0.29) is 6.04 Å². The Morgan fingerprint density at radius 2 is 1.78 bits per heavy atom. The molecule has 1 unspecified atom stereocenters. The number of benzene rings is 1. The molecule has 1 aromatic carbocycles. The zero-order valence-electron chi connectivity index (χ0n) is 10.4. The molecule has 2 nitrogen and oxygen atoms in total. The van der Waals surface area contributed by atoms with Gasteiger partial charge < -0.3 is 5.32 Å². The van der Waals surface area contributed by atoms with Crippen LogP contribution in [0.25, 0.3) is 0 Å². The van der Waals surface area contributed by atoms with Gasteiger partial charge in [-0.15, -0.1) is 11.3 Å². The van der Waals surface area contributed by atoms with Gasteiger partial charge in [-0.1, -0.05) is 0 Å². The zero-order chi connectivity index (χ0) is 13.3. The summed E-state index contributed by atoms with van der Waals surface area (Å²) in [5.41, 5.74) is 1.34. The molecule has 0 amide bonds. The van der Waals surface area contributed by atoms with Crippen LogP contribution in [0.5, 0.6) is 0 Å². The Hall–Kier alpha value is -1.49. The van der Waals surface area contributed by atoms with Crippen LogP contribution in [0.2, 0.25) is 0 Å². The highest BCUT2D eigenvalue weighted by atomic mass is 32.1. The van der Waals surface area contributed by atoms with Crippen LogP contribution in [0.1, 0.15) is 28.5 Å². The zero-order valence-corrected chi connectivity index (χ0v) is 11.2. The average molecular weight is 268 g/mol. The van der Waals surface area contributed by atoms with Crippen LogP contribution in [0.3, 0.4) is 0 Å². The van der Waals surface area contributed by atoms with Gasteiger partial charge >= 0.3 is 0 Å². The second kappa shape index (κ2) is 5.02. The highest BCUT2D eigenvalue weighted by molar-refractivity contribution is 7.11. The van der Waals surface area contributed by atoms with Crippen molar-refractivity contribution in [1.82, 2.24) is 4.98 Å². The fourth-order valence-electron chi connectivity index (χ4n) is 1.90. The first-order valence-electron chi connectivity index (χ1n) is 5.62. The van der Waals surface area contributed by atoms with E-state index in [4.69, 9.17) is 0 Å². The third kappa shape index (κ3) is 2.85. The lowest BCUT2D eigenvalue weighted by atomic mass is 10.2. The van der Waals surface area contributed by atoms with E-state index in [1.165, 1.54) is 12.1 Å². The summed E-state index contributed by atoms with van der Waals surface area (Å²) >= 11 is 1.62. The van der Waals surface area contributed by atoms with Crippen molar-refractivity contribution in [3.8, 4) is 0 Å². The summed E-state index contributed by atoms with van der Waals surface area (Å²) in [5, 5.41) is 4.05. The molecule has 1 heterocycles. The lowest BCUT2D eigenvalue weighted by Crippen LogP contribution is -2.08. The molecule has 0 radical (unpaired) electrons. The highest BCUT2D eigenvalue weighted by Crippen LogP contribution is 2.26. The molecule has 1 N–H and O–H groups in total. The van der Waals surface area contributed by atoms with Crippen molar-refractivity contribution >= 4 is 17.0 Å². The van der Waals surface area contributed by atoms with Gasteiger partial charge in [-0.05, 0) is 32.9 Å². The Morgan fingerprint density at radius 1 is 1.17 bits per heavy atom. The molecule has 2 rings (SSSR count). The van der Waals surface area contributed by atoms with Gasteiger partial charge in [0.05, 0.1) is 16.7 Å². The molecule has 0 saturated heterocycles. The topological polar surface area (TPSA) is 24.9 Å². The van der Waals surface area contributed by atoms with Crippen LogP contribution < -0.4 is 5.32 Å². The van der Waals surface area contributed by atoms with Gasteiger partial charge in [0.15, 0.2) is 0 Å². The number of anilines is 1. The first kappa shape index (κ1) is 13.0. The summed E-state index contributed by atoms with van der Waals surface area (Å²) in [6.45, 7) is 5.85. The molecule has 1 atom stereocenters. The third-order valence-electron chi connectivity index (χ3n) is 2.60. The number of rotatable bonds is 3. The number of hydrogen-bond acceptors (Lipinski definition) is 3. The monoisotopic (exact) mass is 268 g/mol. The van der Waals surface area contributed by atoms with Gasteiger partial charge in [0.2, 0.25) is 0 Å². The Morgan fingerprint density at radius 3 is 2.28 bits per heavy atom. The molecule has 0 aliphatic carbocycles. The fraction of sp³-hybridized carbons (Fsp3) is 0.308. The molecule has 0 aliphatic rings. The Balaban J connectivity index is 2.20. The smallest absolute Gasteiger partial charge is 0.128 e. The molecule has 0 fully saturated rings. The first-order chi connectivity index (χ1) is 8.45. The lowest BCUT2D eigenvalue weighted by molar-refractivity contribution is 0.583. The van der Waals surface area contributed by atoms with E-state index in [0.29, 0.717) is 5.69 Å². The number of nitrogens with zero attached hydrogens (tertiary/aromatic N) is 1. The second-order valence-corrected chi connectivity index (χ2v) is 5.61. The molecule has 0 bridgehead atoms. The van der Waals surface area contributed by atoms with E-state index in [1.54, 1.807) is 11.3 Å². The third-order valence-corrected chi connectivity index (χ3v) is 3.50. The Kier molecular flexibility index (Phi) is 3.61. The average Bonchev–Trinajstić information content (AvgIpc) is 2.56. The highest BCUT2D eigenvalue weighted by Gasteiger charge is 2.13. The second-order valence-electron chi connectivity index (χ2n) is 4.20. The molecule has 0 spiro atoms. The SMILES string of the molecule is Cc1nc(C(C)Nc2cc(F)cc(F)c2)c(C)s1. The summed E-state index contributed by atoms with van der Waals surface area (Å²) in [7, 11) is 0. The van der Waals surface area contributed by atoms with Crippen molar-refractivity contribution in [2.45, 2.75) is 26.8 Å². The van der Waals surface area contributed by atoms with Crippen LogP contribution in [-0.2, 0) is 0 Å². The fourth-order valence-corrected chi connectivity index (χ4v) is 2.82. The van der Waals surface area contributed by atoms with Crippen LogP contribution in [0.15, 0.2) is 18.2 Å². The maximum absolute atomic E-state index is 13.1. The number of aromatic nitrogens is 1. The molecule has 1 aromatic heterocycles. The van der Waals surface area contributed by atoms with Crippen LogP contribution >= 0.6 is 11.3 Å². The van der Waals surface area contributed by atoms with Crippen molar-refractivity contribution in [3.63, 3.8) is 0 Å². The lowest BCUT2D eigenvalue weighted by Gasteiger charge is -2.14. The van der Waals surface area contributed by atoms with E-state index < -0.39 is 11.6 Å². The predicted octanol–water partition coefficient (Wildman–Crippen LogP) is 4.21. The van der Waals surface area contributed by atoms with Gasteiger partial charge in [-0.2, -0.15) is 0 Å². The minimum atomic E-state index is -0.587.